The Balaban J connectivity index is 2.25. The van der Waals surface area contributed by atoms with Gasteiger partial charge in [-0.15, -0.1) is 0 Å². The number of hydrogen-bond acceptors (Lipinski definition) is 2. The zero-order chi connectivity index (χ0) is 7.40. The van der Waals surface area contributed by atoms with Gasteiger partial charge in [0.1, 0.15) is 0 Å². The Morgan fingerprint density at radius 1 is 1.50 bits per heavy atom. The predicted molar refractivity (Wildman–Crippen MR) is 44.2 cm³/mol. The van der Waals surface area contributed by atoms with Gasteiger partial charge >= 0.3 is 0 Å². The summed E-state index contributed by atoms with van der Waals surface area (Å²) in [5.41, 5.74) is 0. The van der Waals surface area contributed by atoms with Crippen LogP contribution in [0, 0.1) is 0 Å². The van der Waals surface area contributed by atoms with E-state index in [1.54, 1.807) is 11.8 Å². The molecule has 3 heteroatoms. The number of carbonyl (C=O) groups excluding carboxylic acids is 1. The van der Waals surface area contributed by atoms with Crippen LogP contribution in [0.3, 0.4) is 0 Å². The van der Waals surface area contributed by atoms with E-state index in [0.717, 1.165) is 13.1 Å². The van der Waals surface area contributed by atoms with Crippen LogP contribution in [0.4, 0.5) is 0 Å². The van der Waals surface area contributed by atoms with Crippen molar-refractivity contribution in [1.29, 1.82) is 0 Å². The number of carbonyl (C=O) groups is 1. The van der Waals surface area contributed by atoms with E-state index in [1.807, 2.05) is 11.2 Å². The van der Waals surface area contributed by atoms with Crippen molar-refractivity contribution >= 4 is 17.7 Å². The molecule has 2 nitrogen and oxygen atoms in total. The molecule has 0 aromatic heterocycles. The van der Waals surface area contributed by atoms with Crippen LogP contribution in [-0.2, 0) is 4.79 Å². The molecule has 1 aliphatic rings. The van der Waals surface area contributed by atoms with Crippen LogP contribution in [0.1, 0.15) is 12.8 Å². The minimum absolute atomic E-state index is 0.310. The van der Waals surface area contributed by atoms with Crippen LogP contribution < -0.4 is 0 Å². The summed E-state index contributed by atoms with van der Waals surface area (Å²) >= 11 is 1.61. The van der Waals surface area contributed by atoms with Gasteiger partial charge in [0.05, 0.1) is 5.75 Å². The molecule has 0 bridgehead atoms. The summed E-state index contributed by atoms with van der Waals surface area (Å²) in [4.78, 5) is 13.1. The maximum Gasteiger partial charge on any atom is 0.232 e. The fourth-order valence-electron chi connectivity index (χ4n) is 1.18. The first-order valence-corrected chi connectivity index (χ1v) is 5.00. The third kappa shape index (κ3) is 1.90. The van der Waals surface area contributed by atoms with Crippen molar-refractivity contribution in [1.82, 2.24) is 4.90 Å². The molecular formula is C7H13NOS. The minimum Gasteiger partial charge on any atom is -0.342 e. The smallest absolute Gasteiger partial charge is 0.232 e. The van der Waals surface area contributed by atoms with E-state index in [1.165, 1.54) is 12.8 Å². The molecule has 0 unspecified atom stereocenters. The van der Waals surface area contributed by atoms with Crippen molar-refractivity contribution in [2.24, 2.45) is 0 Å². The Kier molecular flexibility index (Phi) is 3.06. The van der Waals surface area contributed by atoms with E-state index >= 15 is 0 Å². The van der Waals surface area contributed by atoms with Gasteiger partial charge in [0, 0.05) is 13.1 Å². The second kappa shape index (κ2) is 3.86. The predicted octanol–water partition coefficient (Wildman–Crippen LogP) is 0.972. The Bertz CT molecular complexity index is 121. The standard InChI is InChI=1S/C7H13NOS/c1-10-6-7(9)8-4-2-3-5-8/h2-6H2,1H3. The molecule has 0 aromatic rings. The van der Waals surface area contributed by atoms with Crippen LogP contribution in [0.2, 0.25) is 0 Å². The lowest BCUT2D eigenvalue weighted by Gasteiger charge is -2.13. The summed E-state index contributed by atoms with van der Waals surface area (Å²) in [5, 5.41) is 0. The second-order valence-electron chi connectivity index (χ2n) is 2.52. The molecular weight excluding hydrogens is 146 g/mol. The Morgan fingerprint density at radius 2 is 2.10 bits per heavy atom. The lowest BCUT2D eigenvalue weighted by atomic mass is 10.4. The third-order valence-electron chi connectivity index (χ3n) is 1.73. The van der Waals surface area contributed by atoms with E-state index in [9.17, 15) is 4.79 Å². The average molecular weight is 159 g/mol. The summed E-state index contributed by atoms with van der Waals surface area (Å²) in [5.74, 6) is 0.963. The van der Waals surface area contributed by atoms with Crippen molar-refractivity contribution < 1.29 is 4.79 Å². The lowest BCUT2D eigenvalue weighted by molar-refractivity contribution is -0.127. The molecule has 1 aliphatic heterocycles. The fourth-order valence-corrected chi connectivity index (χ4v) is 1.61. The third-order valence-corrected chi connectivity index (χ3v) is 2.26. The first-order chi connectivity index (χ1) is 4.84. The van der Waals surface area contributed by atoms with Gasteiger partial charge < -0.3 is 4.90 Å². The molecule has 0 aromatic carbocycles. The molecule has 0 saturated carbocycles. The van der Waals surface area contributed by atoms with Crippen molar-refractivity contribution in [2.45, 2.75) is 12.8 Å². The van der Waals surface area contributed by atoms with Crippen molar-refractivity contribution in [3.05, 3.63) is 0 Å². The first kappa shape index (κ1) is 7.92. The number of nitrogens with zero attached hydrogens (tertiary/aromatic N) is 1. The molecule has 1 fully saturated rings. The van der Waals surface area contributed by atoms with Crippen molar-refractivity contribution in [3.63, 3.8) is 0 Å². The molecule has 0 radical (unpaired) electrons. The van der Waals surface area contributed by atoms with E-state index in [0.29, 0.717) is 11.7 Å². The highest BCUT2D eigenvalue weighted by Crippen LogP contribution is 2.08. The van der Waals surface area contributed by atoms with E-state index in [-0.39, 0.29) is 0 Å². The minimum atomic E-state index is 0.310. The van der Waals surface area contributed by atoms with Gasteiger partial charge in [-0.2, -0.15) is 11.8 Å². The van der Waals surface area contributed by atoms with Gasteiger partial charge in [0.25, 0.3) is 0 Å². The second-order valence-corrected chi connectivity index (χ2v) is 3.39. The van der Waals surface area contributed by atoms with Crippen molar-refractivity contribution in [3.8, 4) is 0 Å². The molecule has 10 heavy (non-hydrogen) atoms. The average Bonchev–Trinajstić information content (AvgIpc) is 2.38. The van der Waals surface area contributed by atoms with Gasteiger partial charge in [0.2, 0.25) is 5.91 Å². The Morgan fingerprint density at radius 3 is 2.60 bits per heavy atom. The van der Waals surface area contributed by atoms with Crippen LogP contribution in [-0.4, -0.2) is 35.9 Å². The van der Waals surface area contributed by atoms with E-state index in [2.05, 4.69) is 0 Å². The summed E-state index contributed by atoms with van der Waals surface area (Å²) in [6.07, 6.45) is 4.36. The largest absolute Gasteiger partial charge is 0.342 e. The number of likely N-dealkylation sites (tertiary alicyclic amines) is 1. The van der Waals surface area contributed by atoms with Crippen LogP contribution in [0.5, 0.6) is 0 Å². The highest BCUT2D eigenvalue weighted by molar-refractivity contribution is 7.99. The van der Waals surface area contributed by atoms with Gasteiger partial charge in [-0.3, -0.25) is 4.79 Å². The summed E-state index contributed by atoms with van der Waals surface area (Å²) in [7, 11) is 0. The number of thioether (sulfide) groups is 1. The van der Waals surface area contributed by atoms with Crippen LogP contribution >= 0.6 is 11.8 Å². The van der Waals surface area contributed by atoms with Gasteiger partial charge in [-0.1, -0.05) is 0 Å². The normalized spacial score (nSPS) is 17.9. The topological polar surface area (TPSA) is 20.3 Å². The van der Waals surface area contributed by atoms with E-state index < -0.39 is 0 Å². The van der Waals surface area contributed by atoms with E-state index in [4.69, 9.17) is 0 Å². The summed E-state index contributed by atoms with van der Waals surface area (Å²) < 4.78 is 0. The fraction of sp³-hybridized carbons (Fsp3) is 0.857. The monoisotopic (exact) mass is 159 g/mol. The zero-order valence-corrected chi connectivity index (χ0v) is 7.12. The molecule has 0 N–H and O–H groups in total. The molecule has 1 heterocycles. The maximum absolute atomic E-state index is 11.2. The molecule has 1 saturated heterocycles. The highest BCUT2D eigenvalue weighted by atomic mass is 32.2. The first-order valence-electron chi connectivity index (χ1n) is 3.61. The number of hydrogen-bond donors (Lipinski definition) is 0. The molecule has 0 aliphatic carbocycles. The molecule has 0 atom stereocenters. The van der Waals surface area contributed by atoms with Crippen LogP contribution in [0.15, 0.2) is 0 Å². The molecule has 1 amide bonds. The summed E-state index contributed by atoms with van der Waals surface area (Å²) in [6, 6.07) is 0. The van der Waals surface area contributed by atoms with Crippen LogP contribution in [0.25, 0.3) is 0 Å². The van der Waals surface area contributed by atoms with Crippen molar-refractivity contribution in [2.75, 3.05) is 25.1 Å². The maximum atomic E-state index is 11.2. The molecule has 58 valence electrons. The van der Waals surface area contributed by atoms with Gasteiger partial charge in [-0.05, 0) is 19.1 Å². The molecule has 0 spiro atoms. The quantitative estimate of drug-likeness (QED) is 0.598. The SMILES string of the molecule is CSCC(=O)N1CCCC1. The Hall–Kier alpha value is -0.180. The highest BCUT2D eigenvalue weighted by Gasteiger charge is 2.16. The number of rotatable bonds is 2. The lowest BCUT2D eigenvalue weighted by Crippen LogP contribution is -2.28. The van der Waals surface area contributed by atoms with Gasteiger partial charge in [-0.25, -0.2) is 0 Å². The number of amides is 1. The molecule has 1 rings (SSSR count). The Labute approximate surface area is 66.0 Å². The summed E-state index contributed by atoms with van der Waals surface area (Å²) in [6.45, 7) is 1.97. The van der Waals surface area contributed by atoms with Gasteiger partial charge in [0.15, 0.2) is 0 Å². The zero-order valence-electron chi connectivity index (χ0n) is 6.30.